The summed E-state index contributed by atoms with van der Waals surface area (Å²) in [5.41, 5.74) is 0.502. The van der Waals surface area contributed by atoms with Crippen molar-refractivity contribution in [2.45, 2.75) is 37.4 Å². The van der Waals surface area contributed by atoms with Crippen LogP contribution in [0.5, 0.6) is 5.75 Å². The van der Waals surface area contributed by atoms with Crippen LogP contribution in [0.1, 0.15) is 29.6 Å². The molecule has 0 spiro atoms. The van der Waals surface area contributed by atoms with E-state index in [9.17, 15) is 14.4 Å². The Hall–Kier alpha value is -2.57. The van der Waals surface area contributed by atoms with Gasteiger partial charge in [0.1, 0.15) is 17.8 Å². The van der Waals surface area contributed by atoms with Crippen molar-refractivity contribution in [2.75, 3.05) is 20.2 Å². The number of carbonyl (C=O) groups excluding carboxylic acids is 3. The van der Waals surface area contributed by atoms with Crippen LogP contribution in [0.4, 0.5) is 0 Å². The van der Waals surface area contributed by atoms with Gasteiger partial charge in [-0.2, -0.15) is 0 Å². The third-order valence-corrected chi connectivity index (χ3v) is 5.36. The van der Waals surface area contributed by atoms with E-state index in [1.807, 2.05) is 0 Å². The lowest BCUT2D eigenvalue weighted by Crippen LogP contribution is -2.60. The average Bonchev–Trinajstić information content (AvgIpc) is 3.27. The van der Waals surface area contributed by atoms with Gasteiger partial charge >= 0.3 is 0 Å². The maximum absolute atomic E-state index is 12.6. The zero-order chi connectivity index (χ0) is 17.6. The zero-order valence-electron chi connectivity index (χ0n) is 14.1. The summed E-state index contributed by atoms with van der Waals surface area (Å²) >= 11 is 0. The molecule has 1 N–H and O–H groups in total. The van der Waals surface area contributed by atoms with Gasteiger partial charge in [0.05, 0.1) is 7.11 Å². The van der Waals surface area contributed by atoms with Crippen LogP contribution in [0.2, 0.25) is 0 Å². The Morgan fingerprint density at radius 3 is 2.80 bits per heavy atom. The van der Waals surface area contributed by atoms with Crippen molar-refractivity contribution in [1.29, 1.82) is 0 Å². The van der Waals surface area contributed by atoms with Crippen molar-refractivity contribution >= 4 is 17.7 Å². The normalized spacial score (nSPS) is 28.0. The molecule has 3 saturated heterocycles. The summed E-state index contributed by atoms with van der Waals surface area (Å²) in [7, 11) is 1.55. The molecule has 3 aliphatic heterocycles. The summed E-state index contributed by atoms with van der Waals surface area (Å²) in [6.45, 7) is 1.07. The first-order valence-electron chi connectivity index (χ1n) is 8.64. The molecule has 25 heavy (non-hydrogen) atoms. The number of carbonyl (C=O) groups is 3. The van der Waals surface area contributed by atoms with E-state index in [-0.39, 0.29) is 29.8 Å². The number of fused-ring (bicyclic) bond motifs is 2. The third-order valence-electron chi connectivity index (χ3n) is 5.36. The lowest BCUT2D eigenvalue weighted by molar-refractivity contribution is -0.156. The maximum atomic E-state index is 12.6. The molecule has 4 rings (SSSR count). The van der Waals surface area contributed by atoms with Crippen molar-refractivity contribution in [2.24, 2.45) is 0 Å². The van der Waals surface area contributed by atoms with Gasteiger partial charge in [-0.05, 0) is 37.5 Å². The average molecular weight is 343 g/mol. The fraction of sp³-hybridized carbons (Fsp3) is 0.500. The first-order chi connectivity index (χ1) is 12.1. The largest absolute Gasteiger partial charge is 0.497 e. The van der Waals surface area contributed by atoms with E-state index in [0.717, 1.165) is 12.8 Å². The molecule has 3 aliphatic rings. The smallest absolute Gasteiger partial charge is 0.251 e. The molecule has 0 saturated carbocycles. The van der Waals surface area contributed by atoms with Gasteiger partial charge in [0.25, 0.3) is 5.91 Å². The van der Waals surface area contributed by atoms with Crippen LogP contribution >= 0.6 is 0 Å². The number of nitrogens with zero attached hydrogens (tertiary/aromatic N) is 2. The number of rotatable bonds is 3. The van der Waals surface area contributed by atoms with Crippen molar-refractivity contribution in [3.05, 3.63) is 29.8 Å². The molecule has 0 radical (unpaired) electrons. The summed E-state index contributed by atoms with van der Waals surface area (Å²) in [5, 5.41) is 2.95. The first kappa shape index (κ1) is 15.9. The molecule has 0 aromatic heterocycles. The molecule has 0 aliphatic carbocycles. The van der Waals surface area contributed by atoms with Gasteiger partial charge < -0.3 is 19.9 Å². The summed E-state index contributed by atoms with van der Waals surface area (Å²) in [5.74, 6) is 0.451. The summed E-state index contributed by atoms with van der Waals surface area (Å²) < 4.78 is 5.14. The fourth-order valence-corrected chi connectivity index (χ4v) is 4.12. The molecule has 7 nitrogen and oxygen atoms in total. The lowest BCUT2D eigenvalue weighted by atomic mass is 10.1. The van der Waals surface area contributed by atoms with Crippen molar-refractivity contribution in [3.63, 3.8) is 0 Å². The van der Waals surface area contributed by atoms with E-state index in [1.54, 1.807) is 41.2 Å². The highest BCUT2D eigenvalue weighted by molar-refractivity contribution is 5.99. The van der Waals surface area contributed by atoms with E-state index >= 15 is 0 Å². The summed E-state index contributed by atoms with van der Waals surface area (Å²) in [6.07, 6.45) is 2.11. The summed E-state index contributed by atoms with van der Waals surface area (Å²) in [4.78, 5) is 41.1. The van der Waals surface area contributed by atoms with Gasteiger partial charge in [-0.1, -0.05) is 6.07 Å². The molecule has 3 amide bonds. The predicted octanol–water partition coefficient (Wildman–Crippen LogP) is 0.399. The van der Waals surface area contributed by atoms with Crippen LogP contribution in [0, 0.1) is 0 Å². The van der Waals surface area contributed by atoms with Crippen LogP contribution in [-0.2, 0) is 9.59 Å². The number of amides is 3. The molecule has 132 valence electrons. The Bertz CT molecular complexity index is 705. The number of nitrogens with one attached hydrogen (secondary N) is 1. The molecular formula is C18H21N3O4. The van der Waals surface area contributed by atoms with Gasteiger partial charge in [-0.25, -0.2) is 0 Å². The SMILES string of the molecule is COc1cccc(C(=O)N[C@H]2C[C@H]3C(=O)N4CCC[C@@H]4C(=O)N3C2)c1. The van der Waals surface area contributed by atoms with E-state index in [2.05, 4.69) is 5.32 Å². The Morgan fingerprint density at radius 1 is 1.20 bits per heavy atom. The maximum Gasteiger partial charge on any atom is 0.251 e. The lowest BCUT2D eigenvalue weighted by Gasteiger charge is -2.38. The quantitative estimate of drug-likeness (QED) is 0.862. The van der Waals surface area contributed by atoms with Gasteiger partial charge in [0.2, 0.25) is 11.8 Å². The molecule has 3 heterocycles. The van der Waals surface area contributed by atoms with Crippen LogP contribution in [0.15, 0.2) is 24.3 Å². The fourth-order valence-electron chi connectivity index (χ4n) is 4.12. The van der Waals surface area contributed by atoms with Crippen LogP contribution in [-0.4, -0.2) is 65.8 Å². The molecule has 3 fully saturated rings. The predicted molar refractivity (Wildman–Crippen MR) is 89.1 cm³/mol. The second-order valence-electron chi connectivity index (χ2n) is 6.83. The Morgan fingerprint density at radius 2 is 2.00 bits per heavy atom. The Kier molecular flexibility index (Phi) is 3.86. The molecule has 1 aromatic carbocycles. The number of ether oxygens (including phenoxy) is 1. The minimum atomic E-state index is -0.433. The standard InChI is InChI=1S/C18H21N3O4/c1-25-13-5-2-4-11(8-13)16(22)19-12-9-15-18(24)20-7-3-6-14(20)17(23)21(15)10-12/h2,4-5,8,12,14-15H,3,6-7,9-10H2,1H3,(H,19,22)/t12-,14+,15-/m0/s1. The van der Waals surface area contributed by atoms with E-state index in [0.29, 0.717) is 30.8 Å². The van der Waals surface area contributed by atoms with Gasteiger partial charge in [-0.3, -0.25) is 14.4 Å². The number of hydrogen-bond acceptors (Lipinski definition) is 4. The number of piperazine rings is 1. The van der Waals surface area contributed by atoms with Gasteiger partial charge in [0, 0.05) is 24.7 Å². The topological polar surface area (TPSA) is 79.0 Å². The van der Waals surface area contributed by atoms with Crippen molar-refractivity contribution < 1.29 is 19.1 Å². The highest BCUT2D eigenvalue weighted by Gasteiger charge is 2.51. The minimum absolute atomic E-state index is 0.0280. The minimum Gasteiger partial charge on any atom is -0.497 e. The second kappa shape index (κ2) is 6.06. The molecular weight excluding hydrogens is 322 g/mol. The number of benzene rings is 1. The van der Waals surface area contributed by atoms with Crippen LogP contribution < -0.4 is 10.1 Å². The van der Waals surface area contributed by atoms with E-state index < -0.39 is 6.04 Å². The third kappa shape index (κ3) is 2.63. The van der Waals surface area contributed by atoms with Crippen LogP contribution in [0.25, 0.3) is 0 Å². The highest BCUT2D eigenvalue weighted by Crippen LogP contribution is 2.32. The monoisotopic (exact) mass is 343 g/mol. The molecule has 1 aromatic rings. The van der Waals surface area contributed by atoms with Crippen LogP contribution in [0.3, 0.4) is 0 Å². The second-order valence-corrected chi connectivity index (χ2v) is 6.83. The summed E-state index contributed by atoms with van der Waals surface area (Å²) in [6, 6.07) is 5.98. The van der Waals surface area contributed by atoms with Crippen molar-refractivity contribution in [1.82, 2.24) is 15.1 Å². The number of hydrogen-bond donors (Lipinski definition) is 1. The molecule has 0 bridgehead atoms. The zero-order valence-corrected chi connectivity index (χ0v) is 14.1. The van der Waals surface area contributed by atoms with Gasteiger partial charge in [-0.15, -0.1) is 0 Å². The molecule has 3 atom stereocenters. The van der Waals surface area contributed by atoms with E-state index in [4.69, 9.17) is 4.74 Å². The Labute approximate surface area is 145 Å². The first-order valence-corrected chi connectivity index (χ1v) is 8.64. The van der Waals surface area contributed by atoms with Gasteiger partial charge in [0.15, 0.2) is 0 Å². The number of methoxy groups -OCH3 is 1. The molecule has 0 unspecified atom stereocenters. The van der Waals surface area contributed by atoms with E-state index in [1.165, 1.54) is 0 Å². The van der Waals surface area contributed by atoms with Crippen molar-refractivity contribution in [3.8, 4) is 5.75 Å². The Balaban J connectivity index is 1.46. The molecule has 7 heteroatoms. The highest BCUT2D eigenvalue weighted by atomic mass is 16.5.